The summed E-state index contributed by atoms with van der Waals surface area (Å²) in [4.78, 5) is 28.1. The summed E-state index contributed by atoms with van der Waals surface area (Å²) in [5.74, 6) is 1.24. The Balaban J connectivity index is 1.74. The summed E-state index contributed by atoms with van der Waals surface area (Å²) >= 11 is 0. The van der Waals surface area contributed by atoms with Gasteiger partial charge in [-0.2, -0.15) is 0 Å². The number of ether oxygens (including phenoxy) is 2. The van der Waals surface area contributed by atoms with Crippen molar-refractivity contribution >= 4 is 11.8 Å². The van der Waals surface area contributed by atoms with Crippen LogP contribution in [0.15, 0.2) is 48.5 Å². The molecule has 2 aliphatic heterocycles. The minimum Gasteiger partial charge on any atom is -0.507 e. The maximum absolute atomic E-state index is 14.1. The molecule has 7 rings (SSSR count). The van der Waals surface area contributed by atoms with Crippen molar-refractivity contribution < 1.29 is 29.3 Å². The molecule has 1 aliphatic carbocycles. The van der Waals surface area contributed by atoms with Crippen LogP contribution in [-0.4, -0.2) is 60.4 Å². The topological polar surface area (TPSA) is 129 Å². The van der Waals surface area contributed by atoms with E-state index in [4.69, 9.17) is 9.47 Å². The number of rotatable bonds is 2. The summed E-state index contributed by atoms with van der Waals surface area (Å²) in [6.07, 6.45) is 1.29. The Morgan fingerprint density at radius 1 is 0.448 bits per heavy atom. The third-order valence-electron chi connectivity index (χ3n) is 13.7. The molecule has 0 spiro atoms. The van der Waals surface area contributed by atoms with Gasteiger partial charge in [0.1, 0.15) is 23.0 Å². The molecule has 2 heterocycles. The van der Waals surface area contributed by atoms with Gasteiger partial charge in [-0.15, -0.1) is 0 Å². The number of phenols is 2. The first-order valence-corrected chi connectivity index (χ1v) is 24.6. The first-order valence-electron chi connectivity index (χ1n) is 24.6. The number of benzene rings is 4. The molecule has 3 aliphatic rings. The van der Waals surface area contributed by atoms with Crippen LogP contribution in [0, 0.1) is 11.8 Å². The molecule has 364 valence electrons. The van der Waals surface area contributed by atoms with Gasteiger partial charge in [0.25, 0.3) is 11.8 Å². The van der Waals surface area contributed by atoms with E-state index in [-0.39, 0.29) is 82.1 Å². The fourth-order valence-corrected chi connectivity index (χ4v) is 9.09. The van der Waals surface area contributed by atoms with Crippen LogP contribution in [0.3, 0.4) is 0 Å². The zero-order valence-electron chi connectivity index (χ0n) is 43.6. The molecule has 2 unspecified atom stereocenters. The normalized spacial score (nSPS) is 18.2. The summed E-state index contributed by atoms with van der Waals surface area (Å²) in [6.45, 7) is 35.1. The molecule has 0 fully saturated rings. The SMILES string of the molecule is CC(C)C1CNCC(C(C)C)NC(=O)COc2c3cc(C(C)(C)C)cc2Cc2cc(C(C)(C)C)cc(c2O)Cc2cc(C(C)(C)C)cc(c2OCC(=O)N1)Cc1cc(C(C)(C)C)cc(c1O)C3. The molecule has 0 radical (unpaired) electrons. The Kier molecular flexibility index (Phi) is 15.0. The molecule has 9 heteroatoms. The lowest BCUT2D eigenvalue weighted by molar-refractivity contribution is -0.124. The monoisotopic (exact) mass is 916 g/mol. The number of carbonyl (C=O) groups excluding carboxylic acids is 2. The Hall–Kier alpha value is -5.02. The molecular weight excluding hydrogens is 835 g/mol. The van der Waals surface area contributed by atoms with E-state index in [0.29, 0.717) is 50.3 Å². The predicted molar refractivity (Wildman–Crippen MR) is 273 cm³/mol. The highest BCUT2D eigenvalue weighted by molar-refractivity contribution is 5.78. The summed E-state index contributed by atoms with van der Waals surface area (Å²) in [7, 11) is 0. The number of carbonyl (C=O) groups is 2. The van der Waals surface area contributed by atoms with Crippen LogP contribution < -0.4 is 25.4 Å². The minimum atomic E-state index is -0.269. The van der Waals surface area contributed by atoms with Crippen molar-refractivity contribution in [1.29, 1.82) is 0 Å². The number of aromatic hydroxyl groups is 2. The van der Waals surface area contributed by atoms with Gasteiger partial charge in [0.2, 0.25) is 0 Å². The smallest absolute Gasteiger partial charge is 0.258 e. The maximum atomic E-state index is 14.1. The van der Waals surface area contributed by atoms with Crippen molar-refractivity contribution in [3.63, 3.8) is 0 Å². The largest absolute Gasteiger partial charge is 0.507 e. The van der Waals surface area contributed by atoms with Gasteiger partial charge in [-0.3, -0.25) is 9.59 Å². The number of amides is 2. The Morgan fingerprint density at radius 2 is 0.687 bits per heavy atom. The standard InChI is InChI=1S/C58H81N3O6/c1-33(2)47-29-59-30-48(34(3)4)61-50(63)32-67-54-41-19-37-23-43(55(5,6)7)21-35(51(37)64)17-39-25-45(57(11,12)13)26-40(53(39)66-31-49(62)60-47)18-36-22-44(56(8,9)10)24-38(52(36)65)20-42(54)28-46(27-41)58(14,15)16/h21-28,33-34,47-48,59,64-65H,17-20,29-32H2,1-16H3,(H,60,62)(H,61,63). The second-order valence-corrected chi connectivity index (χ2v) is 24.3. The van der Waals surface area contributed by atoms with Crippen LogP contribution in [0.5, 0.6) is 23.0 Å². The van der Waals surface area contributed by atoms with Crippen LogP contribution in [0.2, 0.25) is 0 Å². The number of phenolic OH excluding ortho intramolecular Hbond substituents is 2. The molecule has 5 N–H and O–H groups in total. The first kappa shape index (κ1) is 51.4. The number of hydrogen-bond donors (Lipinski definition) is 5. The Morgan fingerprint density at radius 3 is 0.910 bits per heavy atom. The lowest BCUT2D eigenvalue weighted by atomic mass is 9.79. The van der Waals surface area contributed by atoms with E-state index in [2.05, 4.69) is 175 Å². The molecule has 0 saturated heterocycles. The number of nitrogens with one attached hydrogen (secondary N) is 3. The van der Waals surface area contributed by atoms with Crippen molar-refractivity contribution in [3.8, 4) is 23.0 Å². The van der Waals surface area contributed by atoms with E-state index < -0.39 is 0 Å². The van der Waals surface area contributed by atoms with Crippen LogP contribution >= 0.6 is 0 Å². The van der Waals surface area contributed by atoms with Gasteiger partial charge in [-0.05, 0) is 100 Å². The molecule has 2 atom stereocenters. The second kappa shape index (κ2) is 19.5. The van der Waals surface area contributed by atoms with Crippen molar-refractivity contribution in [2.24, 2.45) is 11.8 Å². The van der Waals surface area contributed by atoms with Crippen LogP contribution in [0.25, 0.3) is 0 Å². The Bertz CT molecular complexity index is 2200. The molecule has 4 aromatic carbocycles. The molecule has 10 bridgehead atoms. The van der Waals surface area contributed by atoms with E-state index in [1.807, 2.05) is 0 Å². The molecular formula is C58H81N3O6. The average Bonchev–Trinajstić information content (AvgIpc) is 3.19. The summed E-state index contributed by atoms with van der Waals surface area (Å²) in [5.41, 5.74) is 9.55. The van der Waals surface area contributed by atoms with Gasteiger partial charge in [0, 0.05) is 50.9 Å². The van der Waals surface area contributed by atoms with Gasteiger partial charge in [-0.1, -0.05) is 159 Å². The van der Waals surface area contributed by atoms with Gasteiger partial charge >= 0.3 is 0 Å². The molecule has 0 aromatic heterocycles. The molecule has 0 saturated carbocycles. The van der Waals surface area contributed by atoms with Crippen LogP contribution in [0.4, 0.5) is 0 Å². The van der Waals surface area contributed by atoms with E-state index in [1.165, 1.54) is 0 Å². The minimum absolute atomic E-state index is 0.109. The molecule has 67 heavy (non-hydrogen) atoms. The molecule has 4 aromatic rings. The quantitative estimate of drug-likeness (QED) is 0.112. The summed E-state index contributed by atoms with van der Waals surface area (Å²) < 4.78 is 13.6. The third kappa shape index (κ3) is 12.4. The highest BCUT2D eigenvalue weighted by atomic mass is 16.5. The fourth-order valence-electron chi connectivity index (χ4n) is 9.09. The summed E-state index contributed by atoms with van der Waals surface area (Å²) in [6, 6.07) is 16.7. The Labute approximate surface area is 402 Å². The highest BCUT2D eigenvalue weighted by Crippen LogP contribution is 2.44. The van der Waals surface area contributed by atoms with Crippen molar-refractivity contribution in [3.05, 3.63) is 115 Å². The van der Waals surface area contributed by atoms with E-state index in [9.17, 15) is 19.8 Å². The van der Waals surface area contributed by atoms with Crippen LogP contribution in [0.1, 0.15) is 178 Å². The van der Waals surface area contributed by atoms with E-state index in [1.54, 1.807) is 0 Å². The van der Waals surface area contributed by atoms with Crippen molar-refractivity contribution in [2.75, 3.05) is 26.3 Å². The highest BCUT2D eigenvalue weighted by Gasteiger charge is 2.30. The number of fused-ring (bicyclic) bond motifs is 12. The fraction of sp³-hybridized carbons (Fsp3) is 0.552. The van der Waals surface area contributed by atoms with Gasteiger partial charge < -0.3 is 35.6 Å². The zero-order valence-corrected chi connectivity index (χ0v) is 43.6. The number of hydrogen-bond acceptors (Lipinski definition) is 7. The van der Waals surface area contributed by atoms with Crippen molar-refractivity contribution in [2.45, 2.75) is 170 Å². The first-order chi connectivity index (χ1) is 31.0. The van der Waals surface area contributed by atoms with Crippen molar-refractivity contribution in [1.82, 2.24) is 16.0 Å². The second-order valence-electron chi connectivity index (χ2n) is 24.3. The lowest BCUT2D eigenvalue weighted by Gasteiger charge is -2.29. The van der Waals surface area contributed by atoms with Crippen LogP contribution in [-0.2, 0) is 56.9 Å². The van der Waals surface area contributed by atoms with Gasteiger partial charge in [-0.25, -0.2) is 0 Å². The lowest BCUT2D eigenvalue weighted by Crippen LogP contribution is -2.51. The van der Waals surface area contributed by atoms with Gasteiger partial charge in [0.15, 0.2) is 13.2 Å². The maximum Gasteiger partial charge on any atom is 0.258 e. The van der Waals surface area contributed by atoms with Gasteiger partial charge in [0.05, 0.1) is 0 Å². The zero-order chi connectivity index (χ0) is 49.6. The van der Waals surface area contributed by atoms with E-state index in [0.717, 1.165) is 66.8 Å². The average molecular weight is 916 g/mol. The third-order valence-corrected chi connectivity index (χ3v) is 13.7. The van der Waals surface area contributed by atoms with E-state index >= 15 is 0 Å². The molecule has 9 nitrogen and oxygen atoms in total. The summed E-state index contributed by atoms with van der Waals surface area (Å²) in [5, 5.41) is 35.3. The predicted octanol–water partition coefficient (Wildman–Crippen LogP) is 10.6. The molecule has 2 amide bonds.